The van der Waals surface area contributed by atoms with Gasteiger partial charge in [0, 0.05) is 102 Å². The number of hydrogen-bond donors (Lipinski definition) is 4. The predicted molar refractivity (Wildman–Crippen MR) is 486 cm³/mol. The van der Waals surface area contributed by atoms with Gasteiger partial charge in [0.15, 0.2) is 46.0 Å². The van der Waals surface area contributed by atoms with Gasteiger partial charge in [-0.15, -0.1) is 0 Å². The maximum absolute atomic E-state index is 13.4. The van der Waals surface area contributed by atoms with Gasteiger partial charge in [-0.2, -0.15) is 4.31 Å². The van der Waals surface area contributed by atoms with Crippen molar-refractivity contribution in [3.05, 3.63) is 270 Å². The number of fused-ring (bicyclic) bond motifs is 4. The smallest absolute Gasteiger partial charge is 0.335 e. The van der Waals surface area contributed by atoms with Crippen molar-refractivity contribution in [3.8, 4) is 96.8 Å². The van der Waals surface area contributed by atoms with Gasteiger partial charge in [0.1, 0.15) is 29.0 Å². The van der Waals surface area contributed by atoms with Crippen molar-refractivity contribution in [2.45, 2.75) is 108 Å². The van der Waals surface area contributed by atoms with Crippen molar-refractivity contribution >= 4 is 73.4 Å². The Hall–Kier alpha value is -14.1. The number of ketones is 1. The molecule has 664 valence electrons. The molecule has 4 aliphatic carbocycles. The van der Waals surface area contributed by atoms with E-state index in [0.717, 1.165) is 136 Å². The highest BCUT2D eigenvalue weighted by Gasteiger charge is 2.55. The first-order chi connectivity index (χ1) is 63.0. The summed E-state index contributed by atoms with van der Waals surface area (Å²) in [6, 6.07) is 71.5. The molecular formula is C100H93N9O19S2. The Labute approximate surface area is 753 Å². The molecule has 0 bridgehead atoms. The van der Waals surface area contributed by atoms with Crippen LogP contribution >= 0.6 is 0 Å². The van der Waals surface area contributed by atoms with Gasteiger partial charge in [0.2, 0.25) is 54.9 Å². The van der Waals surface area contributed by atoms with E-state index >= 15 is 0 Å². The lowest BCUT2D eigenvalue weighted by Gasteiger charge is -2.23. The second kappa shape index (κ2) is 36.2. The number of ether oxygens (including phenoxy) is 10. The van der Waals surface area contributed by atoms with Crippen molar-refractivity contribution in [3.63, 3.8) is 0 Å². The number of benzene rings is 8. The molecule has 4 saturated carbocycles. The molecule has 0 radical (unpaired) electrons. The Balaban J connectivity index is 0.000000117. The topological polar surface area (TPSA) is 343 Å². The number of rotatable bonds is 25. The minimum atomic E-state index is -3.60. The Morgan fingerprint density at radius 1 is 0.469 bits per heavy atom. The third-order valence-corrected chi connectivity index (χ3v) is 27.9. The minimum absolute atomic E-state index is 0.0593. The summed E-state index contributed by atoms with van der Waals surface area (Å²) in [5.74, 6) is 6.68. The number of carboxylic acid groups (broad SMARTS) is 1. The first-order valence-corrected chi connectivity index (χ1v) is 45.7. The first-order valence-electron chi connectivity index (χ1n) is 42.7. The molecule has 9 aliphatic rings. The lowest BCUT2D eigenvalue weighted by Crippen LogP contribution is -2.38. The van der Waals surface area contributed by atoms with Gasteiger partial charge in [0.05, 0.1) is 68.6 Å². The van der Waals surface area contributed by atoms with E-state index in [9.17, 15) is 36.6 Å². The summed E-state index contributed by atoms with van der Waals surface area (Å²) in [6.07, 6.45) is 9.79. The minimum Gasteiger partial charge on any atom is -0.496 e. The number of nitrogens with one attached hydrogen (secondary N) is 3. The Morgan fingerprint density at radius 2 is 0.862 bits per heavy atom. The number of sulfonamides is 1. The number of Topliss-reactive ketones (excluding diaryl/α,β-unsaturated/α-hetero) is 1. The van der Waals surface area contributed by atoms with Crippen LogP contribution in [0.5, 0.6) is 51.7 Å². The molecule has 1 saturated heterocycles. The molecule has 2 atom stereocenters. The monoisotopic (exact) mass is 1790 g/mol. The zero-order chi connectivity index (χ0) is 90.1. The molecule has 0 spiro atoms. The summed E-state index contributed by atoms with van der Waals surface area (Å²) >= 11 is 0. The first kappa shape index (κ1) is 86.7. The van der Waals surface area contributed by atoms with E-state index in [0.29, 0.717) is 93.7 Å². The van der Waals surface area contributed by atoms with E-state index in [2.05, 4.69) is 30.9 Å². The van der Waals surface area contributed by atoms with E-state index in [4.69, 9.17) is 57.5 Å². The molecule has 5 fully saturated rings. The molecular weight excluding hydrogens is 1700 g/mol. The lowest BCUT2D eigenvalue weighted by molar-refractivity contribution is -0.121. The molecule has 28 nitrogen and oxygen atoms in total. The number of amides is 3. The van der Waals surface area contributed by atoms with Gasteiger partial charge in [-0.05, 0) is 232 Å². The van der Waals surface area contributed by atoms with E-state index in [1.807, 2.05) is 189 Å². The van der Waals surface area contributed by atoms with Gasteiger partial charge in [-0.1, -0.05) is 84.9 Å². The molecule has 5 aliphatic heterocycles. The number of hydrogen-bond acceptors (Lipinski definition) is 23. The van der Waals surface area contributed by atoms with Crippen molar-refractivity contribution < 1.29 is 89.1 Å². The number of aromatic nitrogens is 4. The Kier molecular flexibility index (Phi) is 24.1. The second-order valence-electron chi connectivity index (χ2n) is 33.3. The predicted octanol–water partition coefficient (Wildman–Crippen LogP) is 16.1. The maximum atomic E-state index is 13.4. The van der Waals surface area contributed by atoms with Crippen LogP contribution in [0.25, 0.3) is 45.0 Å². The number of methoxy groups -OCH3 is 2. The average Bonchev–Trinajstić information content (AvgIpc) is 1.60. The molecule has 130 heavy (non-hydrogen) atoms. The highest BCUT2D eigenvalue weighted by atomic mass is 32.2. The van der Waals surface area contributed by atoms with E-state index in [1.165, 1.54) is 12.1 Å². The molecule has 30 heteroatoms. The van der Waals surface area contributed by atoms with Crippen molar-refractivity contribution in [2.75, 3.05) is 95.7 Å². The van der Waals surface area contributed by atoms with Gasteiger partial charge >= 0.3 is 5.97 Å². The standard InChI is InChI=1S/C29H30N2O6S.C25H25N3O4.C23H18N2O5.C23H20N2O4S/c1-35-18-23-5-3-15-31(23)38(33,34)24-10-7-20(8-11-24)25-6-2-4-22(30-25)17-28(32)29(13-14-29)21-9-12-26-27(16-21)37-19-36-26;1-28(2)17-8-9-18(21(14-17)30-3)19-5-4-6-23(26-19)27-24(29)25(11-12-25)16-7-10-20-22(13-16)32-15-31-20;26-21(27)15-6-4-14(5-7-15)17-2-1-3-20(24-17)25-22(28)23(10-11-23)16-8-9-18-19(12-16)30-13-29-18;1-30(27)17-8-5-15(6-9-17)18-3-2-4-21(24-18)25-22(26)23(11-12-23)16-7-10-19-20(13-16)29-14-28-19/h2,4,6-12,16,23H,3,5,13-15,17-19H2,1H3;4-10,13-14H,11-12,15H2,1-3H3,(H,26,27,29);1-9,12H,10-11,13H2,(H,26,27)(H,24,25,28);2-10,13H,11-12,14H2,1H3,(H,24,25,26)/t23-;;;/m1.../s1. The summed E-state index contributed by atoms with van der Waals surface area (Å²) in [5, 5.41) is 18.0. The normalized spacial score (nSPS) is 17.0. The van der Waals surface area contributed by atoms with Crippen LogP contribution < -0.4 is 63.5 Å². The Bertz CT molecular complexity index is 6340. The summed E-state index contributed by atoms with van der Waals surface area (Å²) in [7, 11) is 2.58. The van der Waals surface area contributed by atoms with Crippen LogP contribution in [0.15, 0.2) is 246 Å². The molecule has 12 aromatic rings. The second-order valence-corrected chi connectivity index (χ2v) is 36.6. The van der Waals surface area contributed by atoms with Crippen molar-refractivity contribution in [2.24, 2.45) is 0 Å². The lowest BCUT2D eigenvalue weighted by atomic mass is 9.88. The number of carbonyl (C=O) groups excluding carboxylic acids is 4. The number of nitrogens with zero attached hydrogens (tertiary/aromatic N) is 6. The van der Waals surface area contributed by atoms with Crippen LogP contribution in [0.1, 0.15) is 103 Å². The molecule has 4 N–H and O–H groups in total. The van der Waals surface area contributed by atoms with Gasteiger partial charge < -0.3 is 73.3 Å². The quantitative estimate of drug-likeness (QED) is 0.0413. The fraction of sp³-hybridized carbons (Fsp3) is 0.270. The van der Waals surface area contributed by atoms with E-state index in [-0.39, 0.29) is 73.6 Å². The fourth-order valence-corrected chi connectivity index (χ4v) is 19.1. The van der Waals surface area contributed by atoms with E-state index < -0.39 is 48.5 Å². The van der Waals surface area contributed by atoms with Crippen LogP contribution in [0, 0.1) is 0 Å². The molecule has 21 rings (SSSR count). The molecule has 8 aromatic carbocycles. The number of aromatic carboxylic acids is 1. The van der Waals surface area contributed by atoms with Crippen LogP contribution in [0.3, 0.4) is 0 Å². The zero-order valence-corrected chi connectivity index (χ0v) is 73.5. The highest BCUT2D eigenvalue weighted by molar-refractivity contribution is 7.89. The number of carbonyl (C=O) groups is 5. The molecule has 1 unspecified atom stereocenters. The van der Waals surface area contributed by atoms with E-state index in [1.54, 1.807) is 79.4 Å². The van der Waals surface area contributed by atoms with Gasteiger partial charge in [-0.25, -0.2) is 28.2 Å². The SMILES string of the molecule is COC[C@H]1CCCN1S(=O)(=O)c1ccc(-c2cccc(CC(=O)C3(c4ccc5c(c4)OCO5)CC3)n2)cc1.COc1cc(N(C)C)ccc1-c1cccc(NC(=O)C2(c3ccc4c(c3)OCO4)CC2)n1.CS(=O)c1ccc(-c2cccc(NC(=O)C3(c4ccc5c(c4)OCO5)CC3)n2)cc1.O=C(O)c1ccc(-c2cccc(NC(=O)C3(c4ccc5c(c4)OCO5)CC3)n2)cc1. The van der Waals surface area contributed by atoms with Gasteiger partial charge in [0.25, 0.3) is 0 Å². The summed E-state index contributed by atoms with van der Waals surface area (Å²) in [4.78, 5) is 85.4. The van der Waals surface area contributed by atoms with Crippen LogP contribution in [-0.4, -0.2) is 152 Å². The number of carboxylic acids is 1. The molecule has 4 aromatic heterocycles. The molecule has 9 heterocycles. The zero-order valence-electron chi connectivity index (χ0n) is 71.9. The summed E-state index contributed by atoms with van der Waals surface area (Å²) in [5.41, 5.74) is 9.67. The highest BCUT2D eigenvalue weighted by Crippen LogP contribution is 2.56. The molecule has 3 amide bonds. The van der Waals surface area contributed by atoms with Crippen molar-refractivity contribution in [1.82, 2.24) is 24.2 Å². The fourth-order valence-electron chi connectivity index (χ4n) is 16.9. The third-order valence-electron chi connectivity index (χ3n) is 25.0. The van der Waals surface area contributed by atoms with Crippen molar-refractivity contribution in [1.29, 1.82) is 0 Å². The summed E-state index contributed by atoms with van der Waals surface area (Å²) in [6.45, 7) is 1.72. The van der Waals surface area contributed by atoms with Gasteiger partial charge in [-0.3, -0.25) is 28.4 Å². The number of pyridine rings is 4. The van der Waals surface area contributed by atoms with Crippen LogP contribution in [0.4, 0.5) is 23.1 Å². The maximum Gasteiger partial charge on any atom is 0.335 e. The Morgan fingerprint density at radius 3 is 1.27 bits per heavy atom. The average molecular weight is 1790 g/mol. The van der Waals surface area contributed by atoms with Crippen LogP contribution in [0.2, 0.25) is 0 Å². The summed E-state index contributed by atoms with van der Waals surface area (Å²) < 4.78 is 93.8. The largest absolute Gasteiger partial charge is 0.496 e. The third kappa shape index (κ3) is 18.0. The number of anilines is 4. The van der Waals surface area contributed by atoms with Crippen LogP contribution in [-0.2, 0) is 72.8 Å².